The zero-order chi connectivity index (χ0) is 14.5. The highest BCUT2D eigenvalue weighted by molar-refractivity contribution is 7.99. The average molecular weight is 295 g/mol. The van der Waals surface area contributed by atoms with Crippen LogP contribution in [0.1, 0.15) is 15.9 Å². The minimum atomic E-state index is -0.946. The van der Waals surface area contributed by atoms with Gasteiger partial charge in [0.15, 0.2) is 0 Å². The summed E-state index contributed by atoms with van der Waals surface area (Å²) in [5, 5.41) is 9.22. The Kier molecular flexibility index (Phi) is 5.03. The van der Waals surface area contributed by atoms with Gasteiger partial charge in [-0.05, 0) is 17.7 Å². The molecule has 1 heterocycles. The molecule has 1 aromatic carbocycles. The van der Waals surface area contributed by atoms with Crippen LogP contribution >= 0.6 is 11.8 Å². The number of amides is 1. The molecular formula is C14H17NO4S. The maximum atomic E-state index is 12.5. The van der Waals surface area contributed by atoms with Crippen molar-refractivity contribution >= 4 is 23.6 Å². The predicted molar refractivity (Wildman–Crippen MR) is 76.9 cm³/mol. The van der Waals surface area contributed by atoms with Crippen molar-refractivity contribution in [3.63, 3.8) is 0 Å². The average Bonchev–Trinajstić information content (AvgIpc) is 2.47. The highest BCUT2D eigenvalue weighted by Gasteiger charge is 2.32. The Balaban J connectivity index is 2.20. The van der Waals surface area contributed by atoms with Gasteiger partial charge in [0.25, 0.3) is 5.91 Å². The van der Waals surface area contributed by atoms with Gasteiger partial charge in [-0.15, -0.1) is 0 Å². The quantitative estimate of drug-likeness (QED) is 0.911. The first kappa shape index (κ1) is 14.9. The Morgan fingerprint density at radius 1 is 1.50 bits per heavy atom. The highest BCUT2D eigenvalue weighted by atomic mass is 32.2. The van der Waals surface area contributed by atoms with E-state index in [1.807, 2.05) is 6.07 Å². The summed E-state index contributed by atoms with van der Waals surface area (Å²) in [5.74, 6) is 0.0424. The number of thioether (sulfide) groups is 1. The minimum Gasteiger partial charge on any atom is -0.480 e. The lowest BCUT2D eigenvalue weighted by Gasteiger charge is -2.32. The zero-order valence-electron chi connectivity index (χ0n) is 11.2. The number of carbonyl (C=O) groups is 2. The number of hydrogen-bond acceptors (Lipinski definition) is 4. The summed E-state index contributed by atoms with van der Waals surface area (Å²) in [6.45, 7) is 0.897. The largest absolute Gasteiger partial charge is 0.480 e. The molecule has 0 spiro atoms. The third kappa shape index (κ3) is 3.32. The molecule has 2 rings (SSSR count). The van der Waals surface area contributed by atoms with Gasteiger partial charge < -0.3 is 14.7 Å². The summed E-state index contributed by atoms with van der Waals surface area (Å²) < 4.78 is 5.05. The Hall–Kier alpha value is -1.53. The molecule has 1 N–H and O–H groups in total. The first-order valence-corrected chi connectivity index (χ1v) is 7.48. The molecule has 0 bridgehead atoms. The molecule has 1 aromatic rings. The molecule has 5 nitrogen and oxygen atoms in total. The Bertz CT molecular complexity index is 506. The fourth-order valence-corrected chi connectivity index (χ4v) is 3.22. The van der Waals surface area contributed by atoms with Gasteiger partial charge in [0, 0.05) is 30.7 Å². The van der Waals surface area contributed by atoms with Gasteiger partial charge in [-0.2, -0.15) is 11.8 Å². The van der Waals surface area contributed by atoms with E-state index in [9.17, 15) is 14.7 Å². The molecule has 1 aliphatic heterocycles. The Morgan fingerprint density at radius 2 is 2.30 bits per heavy atom. The molecule has 6 heteroatoms. The fraction of sp³-hybridized carbons (Fsp3) is 0.429. The second-order valence-electron chi connectivity index (χ2n) is 4.56. The molecule has 0 aromatic heterocycles. The van der Waals surface area contributed by atoms with Crippen LogP contribution in [0.3, 0.4) is 0 Å². The number of carboxylic acids is 1. The van der Waals surface area contributed by atoms with Crippen LogP contribution in [0.25, 0.3) is 0 Å². The van der Waals surface area contributed by atoms with Gasteiger partial charge in [-0.1, -0.05) is 12.1 Å². The molecule has 0 radical (unpaired) electrons. The van der Waals surface area contributed by atoms with Crippen molar-refractivity contribution < 1.29 is 19.4 Å². The van der Waals surface area contributed by atoms with E-state index in [0.29, 0.717) is 24.5 Å². The smallest absolute Gasteiger partial charge is 0.327 e. The number of nitrogens with zero attached hydrogens (tertiary/aromatic N) is 1. The molecule has 0 saturated carbocycles. The van der Waals surface area contributed by atoms with E-state index in [4.69, 9.17) is 4.74 Å². The SMILES string of the molecule is COCc1cccc(C(=O)N2CCSCC2C(=O)O)c1. The van der Waals surface area contributed by atoms with Gasteiger partial charge >= 0.3 is 5.97 Å². The predicted octanol–water partition coefficient (Wildman–Crippen LogP) is 1.48. The molecule has 1 aliphatic rings. The van der Waals surface area contributed by atoms with Crippen LogP contribution in [0, 0.1) is 0 Å². The van der Waals surface area contributed by atoms with Crippen molar-refractivity contribution in [2.24, 2.45) is 0 Å². The lowest BCUT2D eigenvalue weighted by molar-refractivity contribution is -0.141. The van der Waals surface area contributed by atoms with Gasteiger partial charge in [-0.3, -0.25) is 4.79 Å². The normalized spacial score (nSPS) is 18.9. The summed E-state index contributed by atoms with van der Waals surface area (Å²) in [6.07, 6.45) is 0. The topological polar surface area (TPSA) is 66.8 Å². The summed E-state index contributed by atoms with van der Waals surface area (Å²) in [4.78, 5) is 25.2. The van der Waals surface area contributed by atoms with Crippen molar-refractivity contribution in [2.75, 3.05) is 25.2 Å². The van der Waals surface area contributed by atoms with Crippen LogP contribution in [0.15, 0.2) is 24.3 Å². The summed E-state index contributed by atoms with van der Waals surface area (Å²) in [7, 11) is 1.59. The highest BCUT2D eigenvalue weighted by Crippen LogP contribution is 2.20. The van der Waals surface area contributed by atoms with Crippen LogP contribution < -0.4 is 0 Å². The number of carboxylic acid groups (broad SMARTS) is 1. The third-order valence-corrected chi connectivity index (χ3v) is 4.18. The van der Waals surface area contributed by atoms with Crippen LogP contribution in [0.5, 0.6) is 0 Å². The monoisotopic (exact) mass is 295 g/mol. The van der Waals surface area contributed by atoms with Crippen molar-refractivity contribution in [2.45, 2.75) is 12.6 Å². The van der Waals surface area contributed by atoms with Crippen LogP contribution in [-0.4, -0.2) is 53.1 Å². The van der Waals surface area contributed by atoms with Crippen molar-refractivity contribution in [3.05, 3.63) is 35.4 Å². The van der Waals surface area contributed by atoms with Crippen molar-refractivity contribution in [3.8, 4) is 0 Å². The lowest BCUT2D eigenvalue weighted by Crippen LogP contribution is -2.50. The van der Waals surface area contributed by atoms with Crippen molar-refractivity contribution in [1.29, 1.82) is 0 Å². The molecule has 1 saturated heterocycles. The number of rotatable bonds is 4. The van der Waals surface area contributed by atoms with E-state index >= 15 is 0 Å². The number of benzene rings is 1. The molecule has 1 unspecified atom stereocenters. The Labute approximate surface area is 121 Å². The standard InChI is InChI=1S/C14H17NO4S/c1-19-8-10-3-2-4-11(7-10)13(16)15-5-6-20-9-12(15)14(17)18/h2-4,7,12H,5-6,8-9H2,1H3,(H,17,18). The van der Waals surface area contributed by atoms with Gasteiger partial charge in [0.1, 0.15) is 6.04 Å². The molecule has 1 atom stereocenters. The molecule has 20 heavy (non-hydrogen) atoms. The summed E-state index contributed by atoms with van der Waals surface area (Å²) in [6, 6.07) is 6.39. The lowest BCUT2D eigenvalue weighted by atomic mass is 10.1. The summed E-state index contributed by atoms with van der Waals surface area (Å²) >= 11 is 1.56. The molecular weight excluding hydrogens is 278 g/mol. The van der Waals surface area contributed by atoms with E-state index in [2.05, 4.69) is 0 Å². The third-order valence-electron chi connectivity index (χ3n) is 3.16. The number of hydrogen-bond donors (Lipinski definition) is 1. The Morgan fingerprint density at radius 3 is 3.00 bits per heavy atom. The van der Waals surface area contributed by atoms with Gasteiger partial charge in [0.05, 0.1) is 6.61 Å². The van der Waals surface area contributed by atoms with Crippen LogP contribution in [0.4, 0.5) is 0 Å². The van der Waals surface area contributed by atoms with Gasteiger partial charge in [0.2, 0.25) is 0 Å². The van der Waals surface area contributed by atoms with E-state index in [1.54, 1.807) is 37.1 Å². The maximum absolute atomic E-state index is 12.5. The summed E-state index contributed by atoms with van der Waals surface area (Å²) in [5.41, 5.74) is 1.41. The number of methoxy groups -OCH3 is 1. The molecule has 0 aliphatic carbocycles. The second kappa shape index (κ2) is 6.76. The maximum Gasteiger partial charge on any atom is 0.327 e. The fourth-order valence-electron chi connectivity index (χ4n) is 2.18. The first-order chi connectivity index (χ1) is 9.63. The minimum absolute atomic E-state index is 0.226. The van der Waals surface area contributed by atoms with E-state index in [-0.39, 0.29) is 5.91 Å². The number of ether oxygens (including phenoxy) is 1. The van der Waals surface area contributed by atoms with Crippen LogP contribution in [-0.2, 0) is 16.1 Å². The van der Waals surface area contributed by atoms with E-state index in [0.717, 1.165) is 11.3 Å². The van der Waals surface area contributed by atoms with E-state index in [1.165, 1.54) is 4.90 Å². The molecule has 108 valence electrons. The van der Waals surface area contributed by atoms with Gasteiger partial charge in [-0.25, -0.2) is 4.79 Å². The van der Waals surface area contributed by atoms with Crippen LogP contribution in [0.2, 0.25) is 0 Å². The molecule has 1 amide bonds. The number of aliphatic carboxylic acids is 1. The first-order valence-electron chi connectivity index (χ1n) is 6.33. The number of carbonyl (C=O) groups excluding carboxylic acids is 1. The zero-order valence-corrected chi connectivity index (χ0v) is 12.1. The molecule has 1 fully saturated rings. The second-order valence-corrected chi connectivity index (χ2v) is 5.71. The van der Waals surface area contributed by atoms with E-state index < -0.39 is 12.0 Å². The van der Waals surface area contributed by atoms with Crippen molar-refractivity contribution in [1.82, 2.24) is 4.90 Å².